The maximum Gasteiger partial charge on any atom is 0.319 e. The van der Waals surface area contributed by atoms with E-state index in [2.05, 4.69) is 25.8 Å². The van der Waals surface area contributed by atoms with Crippen molar-refractivity contribution in [2.75, 3.05) is 38.2 Å². The molecule has 8 rings (SSSR count). The van der Waals surface area contributed by atoms with Crippen molar-refractivity contribution < 1.29 is 22.7 Å². The van der Waals surface area contributed by atoms with Gasteiger partial charge in [-0.15, -0.1) is 6.42 Å². The summed E-state index contributed by atoms with van der Waals surface area (Å²) in [6.07, 6.45) is 11.7. The minimum Gasteiger partial charge on any atom is -0.461 e. The molecule has 0 saturated carbocycles. The number of pyridine rings is 2. The molecule has 270 valence electrons. The van der Waals surface area contributed by atoms with Crippen molar-refractivity contribution in [2.24, 2.45) is 0 Å². The van der Waals surface area contributed by atoms with Crippen molar-refractivity contribution >= 4 is 39.5 Å². The highest BCUT2D eigenvalue weighted by molar-refractivity contribution is 6.02. The van der Waals surface area contributed by atoms with Gasteiger partial charge in [-0.25, -0.2) is 13.2 Å². The van der Waals surface area contributed by atoms with Gasteiger partial charge in [0.05, 0.1) is 22.7 Å². The van der Waals surface area contributed by atoms with Crippen LogP contribution in [0.3, 0.4) is 0 Å². The normalized spacial score (nSPS) is 23.1. The standard InChI is InChI=1S/C41H38F3N7O2/c1-4-26-10-7-11-27-12-8-14-30(34(26)27)36-35(44)37-31(22-46-36)38(48-40(47-37)53-24-41-16-9-18-50(41)23-28(42)21-41)49(3)33-15-19-51(25(33)2)39(52)32(43)20-29-13-5-6-17-45-29/h1,5-8,10-14,17,20,22,25,28,33H,9,15-16,18-19,21,23-24H2,2-3H3/b32-20-/t25?,28-,33?,41+/m1/s1. The SMILES string of the molecule is C#Cc1cccc2cccc(-c3ncc4c(N(C)C5CCN(C(=O)/C(F)=C/c6ccccn6)C5C)nc(OC[C@@]56CCCN5C[C@H](F)C6)nc4c3F)c12. The number of amides is 1. The number of anilines is 1. The molecule has 53 heavy (non-hydrogen) atoms. The summed E-state index contributed by atoms with van der Waals surface area (Å²) >= 11 is 0. The zero-order chi connectivity index (χ0) is 36.9. The number of alkyl halides is 1. The number of hydrogen-bond acceptors (Lipinski definition) is 8. The van der Waals surface area contributed by atoms with E-state index in [1.807, 2.05) is 36.1 Å². The molecule has 3 aliphatic rings. The molecule has 3 aromatic heterocycles. The Balaban J connectivity index is 1.18. The molecular formula is C41H38F3N7O2. The largest absolute Gasteiger partial charge is 0.461 e. The predicted molar refractivity (Wildman–Crippen MR) is 198 cm³/mol. The Labute approximate surface area is 305 Å². The van der Waals surface area contributed by atoms with Crippen LogP contribution in [0, 0.1) is 18.2 Å². The number of aromatic nitrogens is 4. The smallest absolute Gasteiger partial charge is 0.319 e. The number of likely N-dealkylation sites (N-methyl/N-ethyl adjacent to an activating group) is 1. The number of hydrogen-bond donors (Lipinski definition) is 0. The topological polar surface area (TPSA) is 87.6 Å². The third kappa shape index (κ3) is 6.12. The molecule has 0 aliphatic carbocycles. The van der Waals surface area contributed by atoms with Crippen molar-refractivity contribution in [3.05, 3.63) is 89.9 Å². The van der Waals surface area contributed by atoms with Gasteiger partial charge >= 0.3 is 6.01 Å². The molecule has 0 N–H and O–H groups in total. The van der Waals surface area contributed by atoms with Crippen molar-refractivity contribution in [1.82, 2.24) is 29.7 Å². The molecule has 0 spiro atoms. The Morgan fingerprint density at radius 1 is 1.13 bits per heavy atom. The zero-order valence-electron chi connectivity index (χ0n) is 29.5. The van der Waals surface area contributed by atoms with Gasteiger partial charge in [0.1, 0.15) is 29.8 Å². The highest BCUT2D eigenvalue weighted by atomic mass is 19.1. The number of ether oxygens (including phenoxy) is 1. The number of halogens is 3. The molecule has 0 bridgehead atoms. The third-order valence-corrected chi connectivity index (χ3v) is 11.2. The molecule has 2 aromatic carbocycles. The van der Waals surface area contributed by atoms with E-state index < -0.39 is 35.3 Å². The first-order chi connectivity index (χ1) is 25.7. The van der Waals surface area contributed by atoms with Gasteiger partial charge in [0.15, 0.2) is 11.6 Å². The van der Waals surface area contributed by atoms with Crippen molar-refractivity contribution in [3.8, 4) is 29.6 Å². The molecule has 12 heteroatoms. The van der Waals surface area contributed by atoms with Gasteiger partial charge in [-0.2, -0.15) is 9.97 Å². The maximum absolute atomic E-state index is 17.0. The van der Waals surface area contributed by atoms with Crippen LogP contribution in [0.2, 0.25) is 0 Å². The fourth-order valence-corrected chi connectivity index (χ4v) is 8.52. The summed E-state index contributed by atoms with van der Waals surface area (Å²) in [5.74, 6) is 0.728. The summed E-state index contributed by atoms with van der Waals surface area (Å²) in [7, 11) is 1.80. The van der Waals surface area contributed by atoms with E-state index >= 15 is 8.78 Å². The monoisotopic (exact) mass is 717 g/mol. The number of benzene rings is 2. The predicted octanol–water partition coefficient (Wildman–Crippen LogP) is 6.75. The molecule has 0 radical (unpaired) electrons. The van der Waals surface area contributed by atoms with Crippen LogP contribution in [0.5, 0.6) is 6.01 Å². The summed E-state index contributed by atoms with van der Waals surface area (Å²) in [5, 5.41) is 1.87. The maximum atomic E-state index is 17.0. The van der Waals surface area contributed by atoms with Crippen LogP contribution in [-0.4, -0.2) is 92.7 Å². The summed E-state index contributed by atoms with van der Waals surface area (Å²) < 4.78 is 53.1. The second-order valence-electron chi connectivity index (χ2n) is 14.2. The van der Waals surface area contributed by atoms with Gasteiger partial charge in [-0.05, 0) is 56.3 Å². The van der Waals surface area contributed by atoms with Crippen molar-refractivity contribution in [2.45, 2.75) is 56.4 Å². The summed E-state index contributed by atoms with van der Waals surface area (Å²) in [5.41, 5.74) is 1.05. The van der Waals surface area contributed by atoms with Crippen molar-refractivity contribution in [1.29, 1.82) is 0 Å². The fraction of sp³-hybridized carbons (Fsp3) is 0.341. The molecule has 3 aliphatic heterocycles. The lowest BCUT2D eigenvalue weighted by Gasteiger charge is -2.33. The van der Waals surface area contributed by atoms with Crippen LogP contribution < -0.4 is 9.64 Å². The average Bonchev–Trinajstić information content (AvgIpc) is 3.84. The Hall–Kier alpha value is -5.54. The first-order valence-electron chi connectivity index (χ1n) is 17.9. The van der Waals surface area contributed by atoms with Crippen LogP contribution in [0.25, 0.3) is 39.0 Å². The molecule has 4 atom stereocenters. The molecule has 1 amide bonds. The fourth-order valence-electron chi connectivity index (χ4n) is 8.52. The van der Waals surface area contributed by atoms with E-state index in [9.17, 15) is 9.18 Å². The van der Waals surface area contributed by atoms with Gasteiger partial charge in [-0.1, -0.05) is 42.3 Å². The Bertz CT molecular complexity index is 2290. The molecule has 3 fully saturated rings. The lowest BCUT2D eigenvalue weighted by Crippen LogP contribution is -2.44. The van der Waals surface area contributed by atoms with Crippen LogP contribution >= 0.6 is 0 Å². The van der Waals surface area contributed by atoms with E-state index in [0.29, 0.717) is 59.3 Å². The number of nitrogens with zero attached hydrogens (tertiary/aromatic N) is 7. The second kappa shape index (κ2) is 13.8. The van der Waals surface area contributed by atoms with Crippen LogP contribution in [0.4, 0.5) is 19.0 Å². The molecular weight excluding hydrogens is 679 g/mol. The van der Waals surface area contributed by atoms with Crippen molar-refractivity contribution in [3.63, 3.8) is 0 Å². The van der Waals surface area contributed by atoms with E-state index in [1.165, 1.54) is 11.1 Å². The summed E-state index contributed by atoms with van der Waals surface area (Å²) in [4.78, 5) is 36.9. The summed E-state index contributed by atoms with van der Waals surface area (Å²) in [6, 6.07) is 15.3. The average molecular weight is 718 g/mol. The van der Waals surface area contributed by atoms with Gasteiger partial charge in [0.25, 0.3) is 5.91 Å². The Morgan fingerprint density at radius 2 is 1.96 bits per heavy atom. The first-order valence-corrected chi connectivity index (χ1v) is 17.9. The molecule has 2 unspecified atom stereocenters. The third-order valence-electron chi connectivity index (χ3n) is 11.2. The van der Waals surface area contributed by atoms with E-state index in [1.54, 1.807) is 43.6 Å². The molecule has 9 nitrogen and oxygen atoms in total. The highest BCUT2D eigenvalue weighted by Gasteiger charge is 2.49. The number of fused-ring (bicyclic) bond motifs is 3. The van der Waals surface area contributed by atoms with Gasteiger partial charge in [0.2, 0.25) is 0 Å². The Kier molecular flexibility index (Phi) is 8.98. The quantitative estimate of drug-likeness (QED) is 0.129. The molecule has 6 heterocycles. The molecule has 5 aromatic rings. The minimum absolute atomic E-state index is 0.00414. The number of likely N-dealkylation sites (tertiary alicyclic amines) is 1. The molecule has 3 saturated heterocycles. The van der Waals surface area contributed by atoms with E-state index in [4.69, 9.17) is 16.1 Å². The minimum atomic E-state index is -0.948. The van der Waals surface area contributed by atoms with Crippen LogP contribution in [0.15, 0.2) is 72.8 Å². The number of carbonyl (C=O) groups excluding carboxylic acids is 1. The zero-order valence-corrected chi connectivity index (χ0v) is 29.5. The van der Waals surface area contributed by atoms with E-state index in [0.717, 1.165) is 30.8 Å². The number of rotatable bonds is 8. The van der Waals surface area contributed by atoms with Gasteiger partial charge < -0.3 is 14.5 Å². The lowest BCUT2D eigenvalue weighted by atomic mass is 9.95. The number of terminal acetylenes is 1. The Morgan fingerprint density at radius 3 is 2.75 bits per heavy atom. The van der Waals surface area contributed by atoms with E-state index in [-0.39, 0.29) is 29.9 Å². The second-order valence-corrected chi connectivity index (χ2v) is 14.2. The lowest BCUT2D eigenvalue weighted by molar-refractivity contribution is -0.129. The first kappa shape index (κ1) is 34.5. The number of carbonyl (C=O) groups is 1. The van der Waals surface area contributed by atoms with Crippen LogP contribution in [-0.2, 0) is 4.79 Å². The van der Waals surface area contributed by atoms with Gasteiger partial charge in [0, 0.05) is 67.6 Å². The summed E-state index contributed by atoms with van der Waals surface area (Å²) in [6.45, 7) is 3.44. The highest BCUT2D eigenvalue weighted by Crippen LogP contribution is 2.41. The van der Waals surface area contributed by atoms with Gasteiger partial charge in [-0.3, -0.25) is 19.7 Å². The van der Waals surface area contributed by atoms with Crippen LogP contribution in [0.1, 0.15) is 43.9 Å².